The second-order valence-corrected chi connectivity index (χ2v) is 10.5. The zero-order chi connectivity index (χ0) is 24.1. The van der Waals surface area contributed by atoms with Crippen LogP contribution in [0, 0.1) is 11.7 Å². The quantitative estimate of drug-likeness (QED) is 0.382. The van der Waals surface area contributed by atoms with Crippen LogP contribution in [0.2, 0.25) is 0 Å². The molecular weight excluding hydrogens is 471 g/mol. The van der Waals surface area contributed by atoms with E-state index in [1.807, 2.05) is 22.9 Å². The number of carbonyl (C=O) groups is 2. The van der Waals surface area contributed by atoms with Gasteiger partial charge in [-0.1, -0.05) is 38.5 Å². The largest absolute Gasteiger partial charge is 0.488 e. The van der Waals surface area contributed by atoms with Gasteiger partial charge in [0.15, 0.2) is 11.6 Å². The molecule has 0 saturated carbocycles. The van der Waals surface area contributed by atoms with Gasteiger partial charge < -0.3 is 14.5 Å². The lowest BCUT2D eigenvalue weighted by Crippen LogP contribution is -2.48. The molecule has 4 rings (SSSR count). The third-order valence-electron chi connectivity index (χ3n) is 6.22. The lowest BCUT2D eigenvalue weighted by molar-refractivity contribution is -0.135. The highest BCUT2D eigenvalue weighted by Crippen LogP contribution is 2.34. The van der Waals surface area contributed by atoms with Gasteiger partial charge in [0, 0.05) is 18.0 Å². The predicted molar refractivity (Wildman–Crippen MR) is 134 cm³/mol. The van der Waals surface area contributed by atoms with Crippen molar-refractivity contribution >= 4 is 34.5 Å². The molecule has 8 heteroatoms. The second kappa shape index (κ2) is 11.1. The molecule has 0 bridgehead atoms. The highest BCUT2D eigenvalue weighted by molar-refractivity contribution is 7.12. The first-order valence-electron chi connectivity index (χ1n) is 11.5. The molecule has 0 N–H and O–H groups in total. The van der Waals surface area contributed by atoms with Crippen LogP contribution in [0.1, 0.15) is 46.4 Å². The van der Waals surface area contributed by atoms with Crippen LogP contribution in [0.15, 0.2) is 53.2 Å². The summed E-state index contributed by atoms with van der Waals surface area (Å²) in [6.07, 6.45) is 1.68. The Morgan fingerprint density at radius 1 is 1.18 bits per heavy atom. The van der Waals surface area contributed by atoms with Crippen molar-refractivity contribution in [3.8, 4) is 5.75 Å². The summed E-state index contributed by atoms with van der Waals surface area (Å²) in [4.78, 5) is 32.1. The van der Waals surface area contributed by atoms with Crippen LogP contribution in [-0.2, 0) is 11.2 Å². The van der Waals surface area contributed by atoms with Gasteiger partial charge in [0.1, 0.15) is 13.2 Å². The van der Waals surface area contributed by atoms with E-state index in [-0.39, 0.29) is 42.7 Å². The molecule has 0 saturated heterocycles. The van der Waals surface area contributed by atoms with Crippen molar-refractivity contribution in [1.82, 2.24) is 9.80 Å². The number of fused-ring (bicyclic) bond motifs is 1. The number of rotatable bonds is 9. The van der Waals surface area contributed by atoms with Crippen LogP contribution < -0.4 is 4.74 Å². The van der Waals surface area contributed by atoms with E-state index in [1.165, 1.54) is 22.3 Å². The van der Waals surface area contributed by atoms with Gasteiger partial charge in [-0.05, 0) is 52.9 Å². The lowest BCUT2D eigenvalue weighted by atomic mass is 10.00. The van der Waals surface area contributed by atoms with E-state index >= 15 is 0 Å². The molecule has 34 heavy (non-hydrogen) atoms. The number of hydrogen-bond donors (Lipinski definition) is 0. The lowest BCUT2D eigenvalue weighted by Gasteiger charge is -2.37. The highest BCUT2D eigenvalue weighted by Gasteiger charge is 2.34. The molecule has 3 aromatic rings. The molecule has 3 heterocycles. The van der Waals surface area contributed by atoms with E-state index in [2.05, 4.69) is 13.8 Å². The number of halogens is 1. The topological polar surface area (TPSA) is 49.9 Å². The standard InChI is InChI=1S/C26H29FN2O3S2/c1-3-18(2)15-28(26(31)24-9-6-13-33-24)16-25(30)29-12-10-23-19(11-14-34-23)21(29)17-32-22-8-5-4-7-20(22)27/h4-9,11,13-14,18,21H,3,10,12,15-17H2,1-2H3. The number of ether oxygens (including phenoxy) is 1. The number of thiophene rings is 2. The van der Waals surface area contributed by atoms with Crippen LogP contribution >= 0.6 is 22.7 Å². The van der Waals surface area contributed by atoms with Crippen molar-refractivity contribution in [2.75, 3.05) is 26.2 Å². The molecule has 180 valence electrons. The number of carbonyl (C=O) groups excluding carboxylic acids is 2. The van der Waals surface area contributed by atoms with Gasteiger partial charge in [-0.3, -0.25) is 9.59 Å². The minimum atomic E-state index is -0.428. The second-order valence-electron chi connectivity index (χ2n) is 8.57. The molecule has 0 fully saturated rings. The van der Waals surface area contributed by atoms with Crippen molar-refractivity contribution in [3.63, 3.8) is 0 Å². The number of hydrogen-bond acceptors (Lipinski definition) is 5. The molecule has 1 aliphatic rings. The molecule has 0 radical (unpaired) electrons. The monoisotopic (exact) mass is 500 g/mol. The first kappa shape index (κ1) is 24.4. The molecule has 0 aliphatic carbocycles. The van der Waals surface area contributed by atoms with Gasteiger partial charge in [-0.15, -0.1) is 22.7 Å². The predicted octanol–water partition coefficient (Wildman–Crippen LogP) is 5.64. The SMILES string of the molecule is CCC(C)CN(CC(=O)N1CCc2sccc2C1COc1ccccc1F)C(=O)c1cccs1. The first-order valence-corrected chi connectivity index (χ1v) is 13.3. The number of amides is 2. The normalized spacial score (nSPS) is 16.1. The summed E-state index contributed by atoms with van der Waals surface area (Å²) in [5.41, 5.74) is 1.04. The Bertz CT molecular complexity index is 1110. The Morgan fingerprint density at radius 2 is 2.00 bits per heavy atom. The maximum Gasteiger partial charge on any atom is 0.264 e. The Kier molecular flexibility index (Phi) is 8.00. The van der Waals surface area contributed by atoms with Crippen LogP contribution in [0.3, 0.4) is 0 Å². The van der Waals surface area contributed by atoms with E-state index in [9.17, 15) is 14.0 Å². The Hall–Kier alpha value is -2.71. The minimum absolute atomic E-state index is 0.0107. The van der Waals surface area contributed by atoms with Gasteiger partial charge in [-0.2, -0.15) is 0 Å². The molecule has 5 nitrogen and oxygen atoms in total. The van der Waals surface area contributed by atoms with Gasteiger partial charge >= 0.3 is 0 Å². The molecule has 1 aromatic carbocycles. The van der Waals surface area contributed by atoms with E-state index in [0.29, 0.717) is 18.0 Å². The van der Waals surface area contributed by atoms with Crippen LogP contribution in [0.25, 0.3) is 0 Å². The third kappa shape index (κ3) is 5.50. The zero-order valence-electron chi connectivity index (χ0n) is 19.4. The average Bonchev–Trinajstić information content (AvgIpc) is 3.54. The third-order valence-corrected chi connectivity index (χ3v) is 8.08. The molecule has 2 aromatic heterocycles. The number of para-hydroxylation sites is 1. The molecule has 1 aliphatic heterocycles. The summed E-state index contributed by atoms with van der Waals surface area (Å²) in [7, 11) is 0. The minimum Gasteiger partial charge on any atom is -0.488 e. The molecule has 2 amide bonds. The van der Waals surface area contributed by atoms with E-state index in [0.717, 1.165) is 18.4 Å². The van der Waals surface area contributed by atoms with Gasteiger partial charge in [0.2, 0.25) is 5.91 Å². The van der Waals surface area contributed by atoms with Crippen LogP contribution in [0.4, 0.5) is 4.39 Å². The van der Waals surface area contributed by atoms with Crippen LogP contribution in [0.5, 0.6) is 5.75 Å². The first-order chi connectivity index (χ1) is 16.5. The van der Waals surface area contributed by atoms with Gasteiger partial charge in [0.05, 0.1) is 10.9 Å². The van der Waals surface area contributed by atoms with Crippen LogP contribution in [-0.4, -0.2) is 47.9 Å². The molecular formula is C26H29FN2O3S2. The van der Waals surface area contributed by atoms with E-state index in [4.69, 9.17) is 4.74 Å². The summed E-state index contributed by atoms with van der Waals surface area (Å²) >= 11 is 3.05. The van der Waals surface area contributed by atoms with Crippen molar-refractivity contribution < 1.29 is 18.7 Å². The van der Waals surface area contributed by atoms with Crippen molar-refractivity contribution in [2.24, 2.45) is 5.92 Å². The van der Waals surface area contributed by atoms with Gasteiger partial charge in [0.25, 0.3) is 5.91 Å². The van der Waals surface area contributed by atoms with Gasteiger partial charge in [-0.25, -0.2) is 4.39 Å². The molecule has 2 unspecified atom stereocenters. The van der Waals surface area contributed by atoms with E-state index in [1.54, 1.807) is 45.4 Å². The summed E-state index contributed by atoms with van der Waals surface area (Å²) < 4.78 is 20.0. The smallest absolute Gasteiger partial charge is 0.264 e. The average molecular weight is 501 g/mol. The summed E-state index contributed by atoms with van der Waals surface area (Å²) in [5, 5.41) is 3.89. The highest BCUT2D eigenvalue weighted by atomic mass is 32.1. The van der Waals surface area contributed by atoms with E-state index < -0.39 is 5.82 Å². The fourth-order valence-electron chi connectivity index (χ4n) is 4.14. The fourth-order valence-corrected chi connectivity index (χ4v) is 5.76. The Balaban J connectivity index is 1.54. The Labute approximate surface area is 207 Å². The molecule has 0 spiro atoms. The number of benzene rings is 1. The maximum absolute atomic E-state index is 14.1. The number of nitrogens with zero attached hydrogens (tertiary/aromatic N) is 2. The zero-order valence-corrected chi connectivity index (χ0v) is 21.0. The fraction of sp³-hybridized carbons (Fsp3) is 0.385. The van der Waals surface area contributed by atoms with Crippen molar-refractivity contribution in [2.45, 2.75) is 32.7 Å². The molecule has 2 atom stereocenters. The Morgan fingerprint density at radius 3 is 2.74 bits per heavy atom. The van der Waals surface area contributed by atoms with Crippen molar-refractivity contribution in [3.05, 3.63) is 74.4 Å². The maximum atomic E-state index is 14.1. The summed E-state index contributed by atoms with van der Waals surface area (Å²) in [6.45, 7) is 5.40. The summed E-state index contributed by atoms with van der Waals surface area (Å²) in [5.74, 6) is -0.212. The summed E-state index contributed by atoms with van der Waals surface area (Å²) in [6, 6.07) is 11.6. The van der Waals surface area contributed by atoms with Crippen molar-refractivity contribution in [1.29, 1.82) is 0 Å².